The van der Waals surface area contributed by atoms with E-state index in [4.69, 9.17) is 4.74 Å². The van der Waals surface area contributed by atoms with E-state index in [2.05, 4.69) is 15.4 Å². The summed E-state index contributed by atoms with van der Waals surface area (Å²) in [7, 11) is 0. The van der Waals surface area contributed by atoms with Crippen molar-refractivity contribution < 1.29 is 55.4 Å². The number of alkyl halides is 5. The van der Waals surface area contributed by atoms with Gasteiger partial charge in [-0.25, -0.2) is 0 Å². The number of imide groups is 1. The molecule has 0 saturated carbocycles. The zero-order valence-corrected chi connectivity index (χ0v) is 25.1. The van der Waals surface area contributed by atoms with Crippen molar-refractivity contribution >= 4 is 29.6 Å². The van der Waals surface area contributed by atoms with Crippen LogP contribution in [-0.2, 0) is 23.9 Å². The van der Waals surface area contributed by atoms with Gasteiger partial charge in [-0.05, 0) is 49.9 Å². The molecule has 2 atom stereocenters. The van der Waals surface area contributed by atoms with Gasteiger partial charge in [-0.15, -0.1) is 0 Å². The van der Waals surface area contributed by atoms with Crippen molar-refractivity contribution in [3.05, 3.63) is 46.8 Å². The van der Waals surface area contributed by atoms with Crippen LogP contribution in [0.3, 0.4) is 0 Å². The Morgan fingerprint density at radius 1 is 0.933 bits per heavy atom. The topological polar surface area (TPSA) is 134 Å². The number of amides is 4. The maximum Gasteiger partial charge on any atom is 0.461 e. The normalized spacial score (nSPS) is 18.7. The molecule has 2 heterocycles. The molecule has 0 unspecified atom stereocenters. The minimum Gasteiger partial charge on any atom is -0.422 e. The molecule has 2 aliphatic heterocycles. The molecule has 0 radical (unpaired) electrons. The summed E-state index contributed by atoms with van der Waals surface area (Å²) in [5.41, 5.74) is -0.225. The largest absolute Gasteiger partial charge is 0.461 e. The van der Waals surface area contributed by atoms with E-state index in [1.165, 1.54) is 45.0 Å². The van der Waals surface area contributed by atoms with Crippen molar-refractivity contribution in [3.8, 4) is 0 Å². The van der Waals surface area contributed by atoms with Gasteiger partial charge in [-0.3, -0.25) is 29.3 Å². The average molecular weight is 647 g/mol. The Morgan fingerprint density at radius 2 is 1.51 bits per heavy atom. The summed E-state index contributed by atoms with van der Waals surface area (Å²) in [4.78, 5) is 65.4. The Morgan fingerprint density at radius 3 is 2.04 bits per heavy atom. The summed E-state index contributed by atoms with van der Waals surface area (Å²) >= 11 is 0. The number of hydrogen-bond acceptors (Lipinski definition) is 8. The van der Waals surface area contributed by atoms with Gasteiger partial charge in [-0.1, -0.05) is 13.8 Å². The first kappa shape index (κ1) is 35.4. The maximum absolute atomic E-state index is 14.6. The Hall–Kier alpha value is -4.08. The third-order valence-corrected chi connectivity index (χ3v) is 7.21. The highest BCUT2D eigenvalue weighted by Gasteiger charge is 2.63. The number of rotatable bonds is 9. The van der Waals surface area contributed by atoms with Crippen molar-refractivity contribution in [2.75, 3.05) is 32.8 Å². The van der Waals surface area contributed by atoms with E-state index in [-0.39, 0.29) is 30.9 Å². The summed E-state index contributed by atoms with van der Waals surface area (Å²) in [6, 6.07) is 3.10. The lowest BCUT2D eigenvalue weighted by Gasteiger charge is -2.34. The number of allylic oxidation sites excluding steroid dienone is 2. The number of ether oxygens (including phenoxy) is 2. The molecule has 2 fully saturated rings. The van der Waals surface area contributed by atoms with Crippen LogP contribution in [0.2, 0.25) is 0 Å². The molecule has 0 aromatic heterocycles. The molecule has 0 spiro atoms. The molecule has 3 rings (SSSR count). The SMILES string of the molecule is CC(=O)O/C(=C(/C(C)C)N1CCC[C@H]1C(=O)NC(=O)[C@H](C)NC(=O)c1ccc(C(=O)N2CCOCC2)cc1)C(F)(F)C(F)(F)F. The van der Waals surface area contributed by atoms with Crippen LogP contribution in [0.5, 0.6) is 0 Å². The summed E-state index contributed by atoms with van der Waals surface area (Å²) in [5.74, 6) is -12.8. The molecule has 45 heavy (non-hydrogen) atoms. The van der Waals surface area contributed by atoms with Crippen LogP contribution in [0.15, 0.2) is 35.7 Å². The minimum atomic E-state index is -6.10. The average Bonchev–Trinajstić information content (AvgIpc) is 3.45. The molecule has 11 nitrogen and oxygen atoms in total. The fourth-order valence-electron chi connectivity index (χ4n) is 4.97. The van der Waals surface area contributed by atoms with Gasteiger partial charge in [-0.2, -0.15) is 22.0 Å². The van der Waals surface area contributed by atoms with Crippen molar-refractivity contribution in [1.82, 2.24) is 20.4 Å². The smallest absolute Gasteiger partial charge is 0.422 e. The Bertz CT molecular complexity index is 1330. The zero-order chi connectivity index (χ0) is 33.7. The number of carbonyl (C=O) groups is 5. The number of hydrogen-bond donors (Lipinski definition) is 2. The Labute approximate surface area is 256 Å². The van der Waals surface area contributed by atoms with Crippen LogP contribution in [0, 0.1) is 5.92 Å². The molecule has 0 aliphatic carbocycles. The molecule has 2 N–H and O–H groups in total. The van der Waals surface area contributed by atoms with E-state index in [9.17, 15) is 45.9 Å². The van der Waals surface area contributed by atoms with Crippen molar-refractivity contribution in [2.24, 2.45) is 5.92 Å². The minimum absolute atomic E-state index is 0.00344. The number of morpholine rings is 1. The molecule has 1 aromatic rings. The number of esters is 1. The van der Waals surface area contributed by atoms with E-state index in [1.807, 2.05) is 0 Å². The second kappa shape index (κ2) is 14.3. The molecule has 2 aliphatic rings. The summed E-state index contributed by atoms with van der Waals surface area (Å²) in [6.07, 6.45) is -5.90. The van der Waals surface area contributed by atoms with Crippen LogP contribution in [-0.4, -0.2) is 96.4 Å². The highest BCUT2D eigenvalue weighted by atomic mass is 19.4. The molecular formula is C29H35F5N4O7. The molecule has 16 heteroatoms. The molecule has 4 amide bonds. The lowest BCUT2D eigenvalue weighted by Crippen LogP contribution is -2.52. The fourth-order valence-corrected chi connectivity index (χ4v) is 4.97. The van der Waals surface area contributed by atoms with E-state index in [0.717, 1.165) is 4.90 Å². The van der Waals surface area contributed by atoms with Crippen LogP contribution in [0.4, 0.5) is 22.0 Å². The highest BCUT2D eigenvalue weighted by Crippen LogP contribution is 2.45. The van der Waals surface area contributed by atoms with Gasteiger partial charge >= 0.3 is 18.1 Å². The van der Waals surface area contributed by atoms with Gasteiger partial charge in [0.2, 0.25) is 17.6 Å². The van der Waals surface area contributed by atoms with E-state index in [0.29, 0.717) is 38.8 Å². The standard InChI is InChI=1S/C29H35F5N4O7/c1-16(2)22(23(45-18(4)39)28(30,31)29(32,33)34)38-11-5-6-21(38)26(42)36-24(40)17(3)35-25(41)19-7-9-20(10-8-19)27(43)37-12-14-44-15-13-37/h7-10,16-17,21H,5-6,11-15H2,1-4H3,(H,35,41)(H,36,40,42)/b23-22-/t17-,21-/m0/s1. The van der Waals surface area contributed by atoms with E-state index in [1.54, 1.807) is 4.90 Å². The van der Waals surface area contributed by atoms with Crippen LogP contribution in [0.1, 0.15) is 61.3 Å². The van der Waals surface area contributed by atoms with Gasteiger partial charge in [0, 0.05) is 37.7 Å². The van der Waals surface area contributed by atoms with Gasteiger partial charge in [0.25, 0.3) is 11.8 Å². The predicted octanol–water partition coefficient (Wildman–Crippen LogP) is 3.01. The number of nitrogens with one attached hydrogen (secondary N) is 2. The van der Waals surface area contributed by atoms with Crippen molar-refractivity contribution in [2.45, 2.75) is 64.7 Å². The Balaban J connectivity index is 1.71. The first-order chi connectivity index (χ1) is 21.0. The Kier molecular flexibility index (Phi) is 11.3. The first-order valence-electron chi connectivity index (χ1n) is 14.2. The molecule has 248 valence electrons. The molecule has 2 saturated heterocycles. The van der Waals surface area contributed by atoms with Crippen LogP contribution < -0.4 is 10.6 Å². The highest BCUT2D eigenvalue weighted by molar-refractivity contribution is 6.03. The second-order valence-corrected chi connectivity index (χ2v) is 10.9. The van der Waals surface area contributed by atoms with E-state index >= 15 is 0 Å². The third-order valence-electron chi connectivity index (χ3n) is 7.21. The number of benzene rings is 1. The zero-order valence-electron chi connectivity index (χ0n) is 25.1. The lowest BCUT2D eigenvalue weighted by molar-refractivity contribution is -0.276. The van der Waals surface area contributed by atoms with Crippen molar-refractivity contribution in [1.29, 1.82) is 0 Å². The fraction of sp³-hybridized carbons (Fsp3) is 0.552. The lowest BCUT2D eigenvalue weighted by atomic mass is 10.0. The monoisotopic (exact) mass is 646 g/mol. The third kappa shape index (κ3) is 8.35. The summed E-state index contributed by atoms with van der Waals surface area (Å²) in [5, 5.41) is 4.49. The van der Waals surface area contributed by atoms with E-state index < -0.39 is 65.2 Å². The summed E-state index contributed by atoms with van der Waals surface area (Å²) in [6.45, 7) is 6.14. The molecule has 0 bridgehead atoms. The van der Waals surface area contributed by atoms with Gasteiger partial charge in [0.05, 0.1) is 18.9 Å². The number of halogens is 5. The van der Waals surface area contributed by atoms with Crippen LogP contribution >= 0.6 is 0 Å². The first-order valence-corrected chi connectivity index (χ1v) is 14.2. The van der Waals surface area contributed by atoms with Gasteiger partial charge in [0.1, 0.15) is 12.1 Å². The predicted molar refractivity (Wildman–Crippen MR) is 148 cm³/mol. The second-order valence-electron chi connectivity index (χ2n) is 10.9. The number of carbonyl (C=O) groups excluding carboxylic acids is 5. The maximum atomic E-state index is 14.6. The summed E-state index contributed by atoms with van der Waals surface area (Å²) < 4.78 is 78.8. The number of likely N-dealkylation sites (tertiary alicyclic amines) is 1. The van der Waals surface area contributed by atoms with Gasteiger partial charge < -0.3 is 24.6 Å². The van der Waals surface area contributed by atoms with Crippen molar-refractivity contribution in [3.63, 3.8) is 0 Å². The number of nitrogens with zero attached hydrogens (tertiary/aromatic N) is 2. The molecular weight excluding hydrogens is 611 g/mol. The van der Waals surface area contributed by atoms with Crippen LogP contribution in [0.25, 0.3) is 0 Å². The van der Waals surface area contributed by atoms with Gasteiger partial charge in [0.15, 0.2) is 0 Å². The quantitative estimate of drug-likeness (QED) is 0.238. The molecule has 1 aromatic carbocycles.